The van der Waals surface area contributed by atoms with Crippen LogP contribution in [-0.2, 0) is 0 Å². The molecular weight excluding hydrogens is 244 g/mol. The molecule has 1 heterocycles. The Balaban J connectivity index is 1.85. The van der Waals surface area contributed by atoms with Gasteiger partial charge in [0.1, 0.15) is 0 Å². The third-order valence-corrected chi connectivity index (χ3v) is 5.22. The van der Waals surface area contributed by atoms with Crippen LogP contribution in [0.4, 0.5) is 0 Å². The lowest BCUT2D eigenvalue weighted by molar-refractivity contribution is 0.0182. The first-order valence-corrected chi connectivity index (χ1v) is 8.21. The van der Waals surface area contributed by atoms with E-state index in [4.69, 9.17) is 0 Å². The molecule has 1 saturated heterocycles. The highest BCUT2D eigenvalue weighted by atomic mass is 15.3. The van der Waals surface area contributed by atoms with Crippen molar-refractivity contribution in [3.63, 3.8) is 0 Å². The topological polar surface area (TPSA) is 15.3 Å². The van der Waals surface area contributed by atoms with Crippen LogP contribution in [0.2, 0.25) is 0 Å². The van der Waals surface area contributed by atoms with E-state index >= 15 is 0 Å². The molecule has 1 saturated carbocycles. The fourth-order valence-corrected chi connectivity index (χ4v) is 4.19. The van der Waals surface area contributed by atoms with E-state index in [0.717, 1.165) is 25.0 Å². The second kappa shape index (κ2) is 5.87. The lowest BCUT2D eigenvalue weighted by Crippen LogP contribution is -2.62. The number of benzene rings is 1. The van der Waals surface area contributed by atoms with Gasteiger partial charge >= 0.3 is 0 Å². The van der Waals surface area contributed by atoms with Crippen LogP contribution >= 0.6 is 0 Å². The summed E-state index contributed by atoms with van der Waals surface area (Å²) >= 11 is 0. The van der Waals surface area contributed by atoms with Crippen molar-refractivity contribution in [2.75, 3.05) is 19.6 Å². The first-order valence-electron chi connectivity index (χ1n) is 8.21. The van der Waals surface area contributed by atoms with Gasteiger partial charge in [0.05, 0.1) is 0 Å². The maximum Gasteiger partial charge on any atom is 0.0281 e. The van der Waals surface area contributed by atoms with Crippen LogP contribution in [0.5, 0.6) is 0 Å². The van der Waals surface area contributed by atoms with E-state index in [1.165, 1.54) is 32.2 Å². The summed E-state index contributed by atoms with van der Waals surface area (Å²) in [5.41, 5.74) is 1.83. The molecule has 0 bridgehead atoms. The molecule has 1 aromatic carbocycles. The van der Waals surface area contributed by atoms with Gasteiger partial charge in [-0.2, -0.15) is 0 Å². The molecule has 1 aliphatic carbocycles. The quantitative estimate of drug-likeness (QED) is 0.887. The summed E-state index contributed by atoms with van der Waals surface area (Å²) in [6.07, 6.45) is 5.51. The summed E-state index contributed by atoms with van der Waals surface area (Å²) < 4.78 is 0. The molecule has 1 N–H and O–H groups in total. The standard InChI is InChI=1S/C18H28N2/c1-18(2)14-19-12-13-20(18)17-11-7-6-10-16(17)15-8-4-3-5-9-15/h3-5,8-9,16-17,19H,6-7,10-14H2,1-2H3. The van der Waals surface area contributed by atoms with Crippen LogP contribution < -0.4 is 5.32 Å². The van der Waals surface area contributed by atoms with E-state index in [1.54, 1.807) is 5.56 Å². The molecule has 2 unspecified atom stereocenters. The Hall–Kier alpha value is -0.860. The van der Waals surface area contributed by atoms with Crippen molar-refractivity contribution in [1.82, 2.24) is 10.2 Å². The van der Waals surface area contributed by atoms with Gasteiger partial charge in [0.2, 0.25) is 0 Å². The van der Waals surface area contributed by atoms with Crippen molar-refractivity contribution in [3.05, 3.63) is 35.9 Å². The van der Waals surface area contributed by atoms with Crippen LogP contribution in [0.15, 0.2) is 30.3 Å². The summed E-state index contributed by atoms with van der Waals surface area (Å²) in [5.74, 6) is 0.724. The predicted molar refractivity (Wildman–Crippen MR) is 85.1 cm³/mol. The minimum absolute atomic E-state index is 0.285. The van der Waals surface area contributed by atoms with Gasteiger partial charge in [-0.3, -0.25) is 4.90 Å². The Morgan fingerprint density at radius 3 is 2.60 bits per heavy atom. The molecule has 1 aliphatic heterocycles. The van der Waals surface area contributed by atoms with Gasteiger partial charge in [-0.15, -0.1) is 0 Å². The van der Waals surface area contributed by atoms with Gasteiger partial charge in [0.25, 0.3) is 0 Å². The van der Waals surface area contributed by atoms with Crippen molar-refractivity contribution in [2.24, 2.45) is 0 Å². The first-order chi connectivity index (χ1) is 9.68. The summed E-state index contributed by atoms with van der Waals surface area (Å²) in [5, 5.41) is 3.56. The molecule has 2 atom stereocenters. The lowest BCUT2D eigenvalue weighted by atomic mass is 9.77. The molecule has 1 aromatic rings. The van der Waals surface area contributed by atoms with E-state index in [0.29, 0.717) is 0 Å². The van der Waals surface area contributed by atoms with E-state index in [1.807, 2.05) is 0 Å². The maximum absolute atomic E-state index is 3.56. The normalized spacial score (nSPS) is 31.1. The molecule has 2 fully saturated rings. The number of rotatable bonds is 2. The van der Waals surface area contributed by atoms with Crippen LogP contribution in [0.3, 0.4) is 0 Å². The Kier molecular flexibility index (Phi) is 4.13. The van der Waals surface area contributed by atoms with Gasteiger partial charge < -0.3 is 5.32 Å². The zero-order valence-electron chi connectivity index (χ0n) is 12.9. The molecule has 2 nitrogen and oxygen atoms in total. The van der Waals surface area contributed by atoms with Crippen molar-refractivity contribution >= 4 is 0 Å². The smallest absolute Gasteiger partial charge is 0.0281 e. The van der Waals surface area contributed by atoms with Crippen LogP contribution in [-0.4, -0.2) is 36.1 Å². The van der Waals surface area contributed by atoms with E-state index in [9.17, 15) is 0 Å². The average molecular weight is 272 g/mol. The SMILES string of the molecule is CC1(C)CNCCN1C1CCCCC1c1ccccc1. The maximum atomic E-state index is 3.56. The second-order valence-electron chi connectivity index (χ2n) is 7.05. The average Bonchev–Trinajstić information content (AvgIpc) is 2.48. The Labute approximate surface area is 123 Å². The van der Waals surface area contributed by atoms with Crippen LogP contribution in [0, 0.1) is 0 Å². The van der Waals surface area contributed by atoms with Crippen LogP contribution in [0.1, 0.15) is 51.0 Å². The Morgan fingerprint density at radius 1 is 1.10 bits per heavy atom. The monoisotopic (exact) mass is 272 g/mol. The number of hydrogen-bond acceptors (Lipinski definition) is 2. The number of hydrogen-bond donors (Lipinski definition) is 1. The third kappa shape index (κ3) is 2.77. The fraction of sp³-hybridized carbons (Fsp3) is 0.667. The lowest BCUT2D eigenvalue weighted by Gasteiger charge is -2.51. The minimum atomic E-state index is 0.285. The first kappa shape index (κ1) is 14.1. The summed E-state index contributed by atoms with van der Waals surface area (Å²) in [4.78, 5) is 2.79. The predicted octanol–water partition coefficient (Wildman–Crippen LogP) is 3.40. The highest BCUT2D eigenvalue weighted by molar-refractivity contribution is 5.22. The van der Waals surface area contributed by atoms with Crippen molar-refractivity contribution in [3.8, 4) is 0 Å². The number of nitrogens with one attached hydrogen (secondary N) is 1. The molecule has 3 rings (SSSR count). The zero-order valence-corrected chi connectivity index (χ0v) is 12.9. The van der Waals surface area contributed by atoms with Gasteiger partial charge in [-0.05, 0) is 38.2 Å². The zero-order chi connectivity index (χ0) is 14.0. The van der Waals surface area contributed by atoms with Crippen molar-refractivity contribution < 1.29 is 0 Å². The van der Waals surface area contributed by atoms with E-state index < -0.39 is 0 Å². The molecule has 2 heteroatoms. The van der Waals surface area contributed by atoms with E-state index in [-0.39, 0.29) is 5.54 Å². The summed E-state index contributed by atoms with van der Waals surface area (Å²) in [7, 11) is 0. The molecule has 0 aromatic heterocycles. The van der Waals surface area contributed by atoms with Gasteiger partial charge in [0, 0.05) is 31.2 Å². The van der Waals surface area contributed by atoms with Gasteiger partial charge in [-0.1, -0.05) is 43.2 Å². The fourth-order valence-electron chi connectivity index (χ4n) is 4.19. The van der Waals surface area contributed by atoms with Gasteiger partial charge in [-0.25, -0.2) is 0 Å². The summed E-state index contributed by atoms with van der Waals surface area (Å²) in [6.45, 7) is 8.25. The molecule has 110 valence electrons. The van der Waals surface area contributed by atoms with Crippen LogP contribution in [0.25, 0.3) is 0 Å². The molecule has 0 radical (unpaired) electrons. The highest BCUT2D eigenvalue weighted by Gasteiger charge is 2.39. The number of nitrogens with zero attached hydrogens (tertiary/aromatic N) is 1. The number of piperazine rings is 1. The minimum Gasteiger partial charge on any atom is -0.314 e. The van der Waals surface area contributed by atoms with Gasteiger partial charge in [0.15, 0.2) is 0 Å². The Bertz CT molecular complexity index is 426. The summed E-state index contributed by atoms with van der Waals surface area (Å²) in [6, 6.07) is 11.9. The second-order valence-corrected chi connectivity index (χ2v) is 7.05. The Morgan fingerprint density at radius 2 is 1.85 bits per heavy atom. The van der Waals surface area contributed by atoms with E-state index in [2.05, 4.69) is 54.4 Å². The molecular formula is C18H28N2. The largest absolute Gasteiger partial charge is 0.314 e. The molecule has 0 spiro atoms. The molecule has 0 amide bonds. The molecule has 20 heavy (non-hydrogen) atoms. The third-order valence-electron chi connectivity index (χ3n) is 5.22. The van der Waals surface area contributed by atoms with Crippen molar-refractivity contribution in [1.29, 1.82) is 0 Å². The molecule has 2 aliphatic rings. The van der Waals surface area contributed by atoms with Crippen molar-refractivity contribution in [2.45, 2.75) is 57.0 Å². The highest BCUT2D eigenvalue weighted by Crippen LogP contribution is 2.38.